The Hall–Kier alpha value is -1.76. The maximum absolute atomic E-state index is 11.6. The summed E-state index contributed by atoms with van der Waals surface area (Å²) in [5.41, 5.74) is 1.68. The van der Waals surface area contributed by atoms with E-state index in [4.69, 9.17) is 0 Å². The number of nitrogens with zero attached hydrogens (tertiary/aromatic N) is 1. The molecule has 0 atom stereocenters. The second-order valence-corrected chi connectivity index (χ2v) is 3.95. The average Bonchev–Trinajstić information content (AvgIpc) is 2.91. The molecule has 0 unspecified atom stereocenters. The number of anilines is 2. The van der Waals surface area contributed by atoms with Gasteiger partial charge in [-0.2, -0.15) is 10.3 Å². The quantitative estimate of drug-likeness (QED) is 0.615. The maximum Gasteiger partial charge on any atom is 0.409 e. The Bertz CT molecular complexity index is 423. The first-order valence-corrected chi connectivity index (χ1v) is 4.69. The van der Waals surface area contributed by atoms with Gasteiger partial charge in [-0.3, -0.25) is 0 Å². The zero-order valence-corrected chi connectivity index (χ0v) is 7.85. The summed E-state index contributed by atoms with van der Waals surface area (Å²) < 4.78 is 0. The molecule has 1 fully saturated rings. The number of carbonyl (C=O) groups excluding carboxylic acids is 1. The molecule has 0 saturated heterocycles. The van der Waals surface area contributed by atoms with Gasteiger partial charge in [0.2, 0.25) is 0 Å². The summed E-state index contributed by atoms with van der Waals surface area (Å²) in [5, 5.41) is 6.08. The Kier molecular flexibility index (Phi) is 1.19. The van der Waals surface area contributed by atoms with Crippen molar-refractivity contribution >= 4 is 17.4 Å². The van der Waals surface area contributed by atoms with Crippen LogP contribution in [0.25, 0.3) is 0 Å². The second kappa shape index (κ2) is 2.18. The number of amides is 1. The van der Waals surface area contributed by atoms with Crippen molar-refractivity contribution in [1.82, 2.24) is 0 Å². The van der Waals surface area contributed by atoms with Crippen LogP contribution in [0.15, 0.2) is 6.07 Å². The largest absolute Gasteiger partial charge is 0.409 e. The smallest absolute Gasteiger partial charge is 0.361 e. The lowest BCUT2D eigenvalue weighted by Gasteiger charge is -2.19. The number of carbonyl (C=O) groups is 1. The SMILES string of the molecule is Cc1cc#[n+]c2c1NC1(CC1)C(=O)N2. The standard InChI is InChI=1S/C10H9N3O/c1-6-2-5-11-8-7(6)13-10(3-4-10)9(14)12-8/h2,13H,3-4H2,1H3/p+1. The molecule has 1 amide bonds. The lowest BCUT2D eigenvalue weighted by atomic mass is 10.1. The fourth-order valence-electron chi connectivity index (χ4n) is 1.76. The van der Waals surface area contributed by atoms with Crippen molar-refractivity contribution in [3.63, 3.8) is 0 Å². The van der Waals surface area contributed by atoms with Crippen molar-refractivity contribution in [2.45, 2.75) is 25.3 Å². The lowest BCUT2D eigenvalue weighted by Crippen LogP contribution is -2.42. The van der Waals surface area contributed by atoms with Gasteiger partial charge in [0.25, 0.3) is 0 Å². The van der Waals surface area contributed by atoms with Crippen molar-refractivity contribution in [3.8, 4) is 0 Å². The number of fused-ring (bicyclic) bond motifs is 1. The minimum Gasteiger partial charge on any atom is -0.361 e. The van der Waals surface area contributed by atoms with Gasteiger partial charge in [0.15, 0.2) is 6.20 Å². The Morgan fingerprint density at radius 3 is 3.07 bits per heavy atom. The molecule has 1 aromatic heterocycles. The van der Waals surface area contributed by atoms with Gasteiger partial charge in [-0.25, -0.2) is 4.79 Å². The highest BCUT2D eigenvalue weighted by molar-refractivity contribution is 6.06. The molecule has 1 aliphatic carbocycles. The third-order valence-corrected chi connectivity index (χ3v) is 2.87. The highest BCUT2D eigenvalue weighted by Gasteiger charge is 2.56. The first-order chi connectivity index (χ1) is 6.71. The summed E-state index contributed by atoms with van der Waals surface area (Å²) in [7, 11) is 0. The number of aryl methyl sites for hydroxylation is 1. The Labute approximate surface area is 81.7 Å². The molecule has 0 aromatic carbocycles. The van der Waals surface area contributed by atoms with Crippen LogP contribution in [0.5, 0.6) is 0 Å². The van der Waals surface area contributed by atoms with E-state index in [9.17, 15) is 4.79 Å². The molecule has 14 heavy (non-hydrogen) atoms. The van der Waals surface area contributed by atoms with Crippen LogP contribution in [0, 0.1) is 13.1 Å². The molecule has 2 heterocycles. The van der Waals surface area contributed by atoms with Crippen molar-refractivity contribution in [2.75, 3.05) is 10.6 Å². The normalized spacial score (nSPS) is 20.5. The molecule has 1 saturated carbocycles. The Morgan fingerprint density at radius 2 is 2.36 bits per heavy atom. The lowest BCUT2D eigenvalue weighted by molar-refractivity contribution is -0.275. The molecule has 70 valence electrons. The Morgan fingerprint density at radius 1 is 1.57 bits per heavy atom. The summed E-state index contributed by atoms with van der Waals surface area (Å²) in [5.74, 6) is 0.643. The van der Waals surface area contributed by atoms with Crippen LogP contribution in [0.3, 0.4) is 0 Å². The molecule has 3 rings (SSSR count). The minimum absolute atomic E-state index is 0.0384. The fraction of sp³-hybridized carbons (Fsp3) is 0.400. The predicted octanol–water partition coefficient (Wildman–Crippen LogP) is 0.292. The van der Waals surface area contributed by atoms with Crippen LogP contribution in [0.1, 0.15) is 18.4 Å². The third-order valence-electron chi connectivity index (χ3n) is 2.87. The highest BCUT2D eigenvalue weighted by atomic mass is 16.2. The molecule has 4 heteroatoms. The van der Waals surface area contributed by atoms with Gasteiger partial charge in [0.05, 0.1) is 0 Å². The number of rotatable bonds is 0. The molecule has 2 aliphatic rings. The summed E-state index contributed by atoms with van der Waals surface area (Å²) in [6.07, 6.45) is 4.58. The summed E-state index contributed by atoms with van der Waals surface area (Å²) >= 11 is 0. The molecule has 1 spiro atoms. The molecule has 0 bridgehead atoms. The van der Waals surface area contributed by atoms with E-state index in [1.165, 1.54) is 0 Å². The molecule has 1 aromatic rings. The zero-order chi connectivity index (χ0) is 9.76. The van der Waals surface area contributed by atoms with E-state index < -0.39 is 0 Å². The van der Waals surface area contributed by atoms with Crippen molar-refractivity contribution in [3.05, 3.63) is 17.8 Å². The van der Waals surface area contributed by atoms with E-state index in [0.29, 0.717) is 5.82 Å². The van der Waals surface area contributed by atoms with Gasteiger partial charge in [-0.1, -0.05) is 0 Å². The van der Waals surface area contributed by atoms with Crippen LogP contribution >= 0.6 is 0 Å². The van der Waals surface area contributed by atoms with Gasteiger partial charge in [-0.05, 0) is 25.3 Å². The number of nitrogens with one attached hydrogen (secondary N) is 2. The van der Waals surface area contributed by atoms with E-state index >= 15 is 0 Å². The summed E-state index contributed by atoms with van der Waals surface area (Å²) in [6, 6.07) is 1.82. The van der Waals surface area contributed by atoms with Crippen LogP contribution in [-0.4, -0.2) is 11.4 Å². The fourth-order valence-corrected chi connectivity index (χ4v) is 1.76. The van der Waals surface area contributed by atoms with Gasteiger partial charge in [-0.15, -0.1) is 0 Å². The first-order valence-electron chi connectivity index (χ1n) is 4.69. The number of hydrogen-bond acceptors (Lipinski definition) is 2. The molecular formula is C10H10N3O+. The Balaban J connectivity index is 2.11. The summed E-state index contributed by atoms with van der Waals surface area (Å²) in [6.45, 7) is 1.98. The molecule has 2 N–H and O–H groups in total. The topological polar surface area (TPSA) is 55.2 Å². The van der Waals surface area contributed by atoms with E-state index in [1.54, 1.807) is 0 Å². The van der Waals surface area contributed by atoms with Crippen molar-refractivity contribution in [1.29, 1.82) is 0 Å². The van der Waals surface area contributed by atoms with Crippen molar-refractivity contribution < 1.29 is 9.78 Å². The molecule has 0 radical (unpaired) electrons. The van der Waals surface area contributed by atoms with Crippen LogP contribution in [0.2, 0.25) is 0 Å². The molecule has 1 aliphatic heterocycles. The second-order valence-electron chi connectivity index (χ2n) is 3.95. The van der Waals surface area contributed by atoms with Crippen LogP contribution in [-0.2, 0) is 4.79 Å². The highest BCUT2D eigenvalue weighted by Crippen LogP contribution is 2.44. The third kappa shape index (κ3) is 0.841. The number of aromatic nitrogens is 1. The van der Waals surface area contributed by atoms with E-state index in [0.717, 1.165) is 24.1 Å². The number of hydrogen-bond donors (Lipinski definition) is 2. The summed E-state index contributed by atoms with van der Waals surface area (Å²) in [4.78, 5) is 15.6. The first kappa shape index (κ1) is 7.63. The van der Waals surface area contributed by atoms with Gasteiger partial charge >= 0.3 is 11.7 Å². The van der Waals surface area contributed by atoms with Crippen LogP contribution in [0.4, 0.5) is 11.5 Å². The van der Waals surface area contributed by atoms with Gasteiger partial charge in [0, 0.05) is 6.07 Å². The zero-order valence-electron chi connectivity index (χ0n) is 7.85. The predicted molar refractivity (Wildman–Crippen MR) is 49.8 cm³/mol. The maximum atomic E-state index is 11.6. The van der Waals surface area contributed by atoms with Gasteiger partial charge in [0.1, 0.15) is 11.2 Å². The molecular weight excluding hydrogens is 178 g/mol. The van der Waals surface area contributed by atoms with Crippen molar-refractivity contribution in [2.24, 2.45) is 0 Å². The monoisotopic (exact) mass is 188 g/mol. The van der Waals surface area contributed by atoms with E-state index in [1.807, 2.05) is 13.0 Å². The van der Waals surface area contributed by atoms with Gasteiger partial charge < -0.3 is 5.32 Å². The molecule has 4 nitrogen and oxygen atoms in total. The van der Waals surface area contributed by atoms with Crippen LogP contribution < -0.4 is 15.6 Å². The van der Waals surface area contributed by atoms with E-state index in [-0.39, 0.29) is 11.4 Å². The average molecular weight is 188 g/mol. The van der Waals surface area contributed by atoms with E-state index in [2.05, 4.69) is 21.8 Å². The minimum atomic E-state index is -0.333.